The maximum atomic E-state index is 13.2. The number of aliphatic imine (C=N–C) groups is 1. The van der Waals surface area contributed by atoms with Gasteiger partial charge in [-0.2, -0.15) is 0 Å². The second-order valence-electron chi connectivity index (χ2n) is 10.9. The summed E-state index contributed by atoms with van der Waals surface area (Å²) in [6, 6.07) is 3.85. The van der Waals surface area contributed by atoms with Gasteiger partial charge < -0.3 is 15.1 Å². The number of likely N-dealkylation sites (tertiary alicyclic amines) is 1. The van der Waals surface area contributed by atoms with Gasteiger partial charge in [0.15, 0.2) is 0 Å². The number of benzene rings is 1. The Hall–Kier alpha value is -2.67. The van der Waals surface area contributed by atoms with E-state index in [0.717, 1.165) is 36.2 Å². The number of nitrogens with one attached hydrogen (secondary N) is 1. The molecule has 0 spiro atoms. The molecule has 0 aliphatic carbocycles. The number of nitrogens with zero attached hydrogens (tertiary/aromatic N) is 3. The average Bonchev–Trinajstić information content (AvgIpc) is 2.80. The van der Waals surface area contributed by atoms with Crippen molar-refractivity contribution >= 4 is 40.7 Å². The zero-order valence-electron chi connectivity index (χ0n) is 22.6. The van der Waals surface area contributed by atoms with Gasteiger partial charge in [0.1, 0.15) is 0 Å². The Morgan fingerprint density at radius 1 is 1.17 bits per heavy atom. The highest BCUT2D eigenvalue weighted by Crippen LogP contribution is 2.32. The number of halogens is 1. The molecule has 1 saturated heterocycles. The van der Waals surface area contributed by atoms with Crippen LogP contribution in [0.4, 0.5) is 5.69 Å². The largest absolute Gasteiger partial charge is 0.368 e. The highest BCUT2D eigenvalue weighted by Gasteiger charge is 2.33. The van der Waals surface area contributed by atoms with Crippen molar-refractivity contribution in [1.29, 1.82) is 0 Å². The van der Waals surface area contributed by atoms with Crippen molar-refractivity contribution in [3.8, 4) is 0 Å². The van der Waals surface area contributed by atoms with Crippen LogP contribution in [0.1, 0.15) is 70.3 Å². The molecule has 7 nitrogen and oxygen atoms in total. The van der Waals surface area contributed by atoms with Gasteiger partial charge in [-0.1, -0.05) is 37.9 Å². The van der Waals surface area contributed by atoms with E-state index in [1.54, 1.807) is 13.0 Å². The number of anilines is 1. The highest BCUT2D eigenvalue weighted by atomic mass is 35.5. The first-order chi connectivity index (χ1) is 16.8. The minimum atomic E-state index is -0.454. The molecule has 2 heterocycles. The smallest absolute Gasteiger partial charge is 0.254 e. The maximum absolute atomic E-state index is 13.2. The molecule has 196 valence electrons. The minimum Gasteiger partial charge on any atom is -0.368 e. The van der Waals surface area contributed by atoms with Crippen LogP contribution in [0.3, 0.4) is 0 Å². The van der Waals surface area contributed by atoms with E-state index in [9.17, 15) is 14.4 Å². The molecule has 2 aliphatic rings. The second-order valence-corrected chi connectivity index (χ2v) is 11.3. The molecule has 1 fully saturated rings. The summed E-state index contributed by atoms with van der Waals surface area (Å²) >= 11 is 6.49. The minimum absolute atomic E-state index is 0.185. The zero-order chi connectivity index (χ0) is 26.8. The van der Waals surface area contributed by atoms with E-state index in [-0.39, 0.29) is 35.7 Å². The number of carbonyl (C=O) groups excluding carboxylic acids is 3. The summed E-state index contributed by atoms with van der Waals surface area (Å²) < 4.78 is 0. The first-order valence-electron chi connectivity index (χ1n) is 12.7. The quantitative estimate of drug-likeness (QED) is 0.591. The predicted molar refractivity (Wildman–Crippen MR) is 146 cm³/mol. The molecule has 1 unspecified atom stereocenters. The van der Waals surface area contributed by atoms with E-state index in [1.807, 2.05) is 51.7 Å². The van der Waals surface area contributed by atoms with Gasteiger partial charge in [-0.15, -0.1) is 0 Å². The van der Waals surface area contributed by atoms with Gasteiger partial charge >= 0.3 is 0 Å². The Bertz CT molecular complexity index is 1090. The summed E-state index contributed by atoms with van der Waals surface area (Å²) in [5.41, 5.74) is 3.48. The number of hydrogen-bond acceptors (Lipinski definition) is 4. The molecule has 1 aromatic carbocycles. The van der Waals surface area contributed by atoms with Gasteiger partial charge in [0.05, 0.1) is 5.92 Å². The summed E-state index contributed by atoms with van der Waals surface area (Å²) in [7, 11) is 0. The molecular formula is C28H39ClN4O3. The van der Waals surface area contributed by atoms with Crippen molar-refractivity contribution in [2.45, 2.75) is 67.3 Å². The lowest BCUT2D eigenvalue weighted by molar-refractivity contribution is -0.140. The second kappa shape index (κ2) is 11.2. The van der Waals surface area contributed by atoms with Crippen LogP contribution in [0.2, 0.25) is 5.02 Å². The average molecular weight is 515 g/mol. The van der Waals surface area contributed by atoms with Crippen LogP contribution in [0.15, 0.2) is 28.8 Å². The topological polar surface area (TPSA) is 82.1 Å². The fraction of sp³-hybridized carbons (Fsp3) is 0.571. The van der Waals surface area contributed by atoms with Crippen molar-refractivity contribution < 1.29 is 14.4 Å². The third kappa shape index (κ3) is 6.17. The Labute approximate surface area is 220 Å². The Morgan fingerprint density at radius 3 is 2.36 bits per heavy atom. The molecule has 1 aromatic rings. The number of piperidine rings is 1. The lowest BCUT2D eigenvalue weighted by atomic mass is 9.92. The fourth-order valence-corrected chi connectivity index (χ4v) is 5.34. The molecule has 0 aromatic heterocycles. The molecule has 1 N–H and O–H groups in total. The standard InChI is InChI=1S/C28H39ClN4O3/c1-8-33(21-9-11-32(12-10-21)27(36)28(5,6)7)24-15-20(29)14-22(19(24)4)25(34)30-16-23-17(2)13-18(3)31-26(23)35/h13-15,21,23H,8-12,16H2,1-7H3,(H,30,34). The normalized spacial score (nSPS) is 19.1. The van der Waals surface area contributed by atoms with Gasteiger partial charge in [0.25, 0.3) is 11.8 Å². The molecule has 8 heteroatoms. The molecule has 0 radical (unpaired) electrons. The molecule has 3 amide bonds. The third-order valence-electron chi connectivity index (χ3n) is 7.11. The van der Waals surface area contributed by atoms with Crippen LogP contribution in [-0.4, -0.2) is 60.6 Å². The van der Waals surface area contributed by atoms with Gasteiger partial charge in [-0.25, -0.2) is 4.99 Å². The van der Waals surface area contributed by atoms with Crippen LogP contribution < -0.4 is 10.2 Å². The lowest BCUT2D eigenvalue weighted by Crippen LogP contribution is -2.49. The van der Waals surface area contributed by atoms with Crippen molar-refractivity contribution in [3.05, 3.63) is 39.9 Å². The van der Waals surface area contributed by atoms with Crippen molar-refractivity contribution in [2.24, 2.45) is 16.3 Å². The number of carbonyl (C=O) groups is 3. The van der Waals surface area contributed by atoms with E-state index in [0.29, 0.717) is 29.4 Å². The molecular weight excluding hydrogens is 476 g/mol. The molecule has 0 saturated carbocycles. The van der Waals surface area contributed by atoms with Gasteiger partial charge in [0, 0.05) is 59.6 Å². The first-order valence-corrected chi connectivity index (χ1v) is 13.1. The monoisotopic (exact) mass is 514 g/mol. The summed E-state index contributed by atoms with van der Waals surface area (Å²) in [4.78, 5) is 46.5. The number of dihydropyridines is 1. The molecule has 3 rings (SSSR count). The Morgan fingerprint density at radius 2 is 1.81 bits per heavy atom. The SMILES string of the molecule is CCN(c1cc(Cl)cc(C(=O)NCC2C(=O)N=C(C)C=C2C)c1C)C1CCN(C(=O)C(C)(C)C)CC1. The summed E-state index contributed by atoms with van der Waals surface area (Å²) in [6.07, 6.45) is 3.59. The van der Waals surface area contributed by atoms with Crippen LogP contribution >= 0.6 is 11.6 Å². The van der Waals surface area contributed by atoms with E-state index in [4.69, 9.17) is 11.6 Å². The molecule has 2 aliphatic heterocycles. The third-order valence-corrected chi connectivity index (χ3v) is 7.33. The van der Waals surface area contributed by atoms with E-state index < -0.39 is 5.92 Å². The predicted octanol–water partition coefficient (Wildman–Crippen LogP) is 4.81. The Kier molecular flexibility index (Phi) is 8.65. The number of rotatable bonds is 6. The zero-order valence-corrected chi connectivity index (χ0v) is 23.3. The number of allylic oxidation sites excluding steroid dienone is 1. The summed E-state index contributed by atoms with van der Waals surface area (Å²) in [5, 5.41) is 3.41. The molecule has 0 bridgehead atoms. The van der Waals surface area contributed by atoms with Gasteiger partial charge in [-0.05, 0) is 64.3 Å². The van der Waals surface area contributed by atoms with E-state index in [2.05, 4.69) is 22.1 Å². The van der Waals surface area contributed by atoms with Gasteiger partial charge in [0.2, 0.25) is 5.91 Å². The highest BCUT2D eigenvalue weighted by molar-refractivity contribution is 6.31. The van der Waals surface area contributed by atoms with Gasteiger partial charge in [-0.3, -0.25) is 14.4 Å². The number of amides is 3. The Balaban J connectivity index is 1.75. The number of hydrogen-bond donors (Lipinski definition) is 1. The van der Waals surface area contributed by atoms with Crippen molar-refractivity contribution in [2.75, 3.05) is 31.1 Å². The van der Waals surface area contributed by atoms with Crippen molar-refractivity contribution in [1.82, 2.24) is 10.2 Å². The van der Waals surface area contributed by atoms with E-state index >= 15 is 0 Å². The summed E-state index contributed by atoms with van der Waals surface area (Å²) in [5.74, 6) is -0.761. The van der Waals surface area contributed by atoms with Crippen LogP contribution in [0, 0.1) is 18.3 Å². The van der Waals surface area contributed by atoms with Crippen LogP contribution in [0.5, 0.6) is 0 Å². The molecule has 1 atom stereocenters. The molecule has 36 heavy (non-hydrogen) atoms. The maximum Gasteiger partial charge on any atom is 0.254 e. The summed E-state index contributed by atoms with van der Waals surface area (Å²) in [6.45, 7) is 16.0. The van der Waals surface area contributed by atoms with Crippen molar-refractivity contribution in [3.63, 3.8) is 0 Å². The van der Waals surface area contributed by atoms with Crippen LogP contribution in [-0.2, 0) is 9.59 Å². The first kappa shape index (κ1) is 27.9. The van der Waals surface area contributed by atoms with Crippen LogP contribution in [0.25, 0.3) is 0 Å². The van der Waals surface area contributed by atoms with E-state index in [1.165, 1.54) is 0 Å². The fourth-order valence-electron chi connectivity index (χ4n) is 5.13. The lowest BCUT2D eigenvalue weighted by Gasteiger charge is -2.41.